The molecule has 4 rings (SSSR count). The molecule has 0 bridgehead atoms. The molecule has 3 aromatic rings. The average Bonchev–Trinajstić information content (AvgIpc) is 2.75. The monoisotopic (exact) mass is 467 g/mol. The van der Waals surface area contributed by atoms with Crippen LogP contribution < -0.4 is 9.62 Å². The molecular weight excluding hydrogens is 441 g/mol. The normalized spacial score (nSPS) is 14.5. The van der Waals surface area contributed by atoms with Crippen LogP contribution in [0, 0.1) is 19.7 Å². The summed E-state index contributed by atoms with van der Waals surface area (Å²) >= 11 is 0. The molecule has 1 aliphatic rings. The number of hydrogen-bond donors (Lipinski definition) is 1. The van der Waals surface area contributed by atoms with Gasteiger partial charge in [-0.05, 0) is 68.3 Å². The number of nitrogens with zero attached hydrogens (tertiary/aromatic N) is 2. The second kappa shape index (κ2) is 9.23. The lowest BCUT2D eigenvalue weighted by atomic mass is 10.1. The molecule has 0 radical (unpaired) electrons. The van der Waals surface area contributed by atoms with E-state index in [2.05, 4.69) is 22.9 Å². The fraction of sp³-hybridized carbons (Fsp3) is 0.240. The first-order chi connectivity index (χ1) is 15.7. The van der Waals surface area contributed by atoms with Crippen LogP contribution in [0.4, 0.5) is 20.6 Å². The largest absolute Gasteiger partial charge is 0.324 e. The topological polar surface area (TPSA) is 69.7 Å². The van der Waals surface area contributed by atoms with Crippen molar-refractivity contribution in [2.75, 3.05) is 22.7 Å². The van der Waals surface area contributed by atoms with Crippen molar-refractivity contribution in [2.45, 2.75) is 31.7 Å². The third-order valence-corrected chi connectivity index (χ3v) is 6.90. The molecule has 2 amide bonds. The molecular formula is C25H26FN3O3S. The number of aryl methyl sites for hydroxylation is 2. The smallest absolute Gasteiger partial charge is 0.320 e. The highest BCUT2D eigenvalue weighted by atomic mass is 32.2. The number of sulfonamides is 1. The third-order valence-electron chi connectivity index (χ3n) is 5.50. The van der Waals surface area contributed by atoms with Crippen LogP contribution in [0.25, 0.3) is 0 Å². The van der Waals surface area contributed by atoms with E-state index in [0.29, 0.717) is 31.0 Å². The van der Waals surface area contributed by atoms with Crippen molar-refractivity contribution in [1.82, 2.24) is 4.90 Å². The van der Waals surface area contributed by atoms with Crippen LogP contribution in [0.1, 0.15) is 23.1 Å². The zero-order valence-electron chi connectivity index (χ0n) is 18.6. The van der Waals surface area contributed by atoms with Crippen LogP contribution in [0.5, 0.6) is 0 Å². The zero-order chi connectivity index (χ0) is 23.6. The summed E-state index contributed by atoms with van der Waals surface area (Å²) in [5.74, 6) is -0.509. The SMILES string of the molecule is Cc1cc(C)cc(CN2CCCN(c3cccc(NS(=O)(=O)c4ccc(F)cc4)c3)C2=O)c1. The number of urea groups is 1. The fourth-order valence-corrected chi connectivity index (χ4v) is 5.16. The molecule has 0 aromatic heterocycles. The third kappa shape index (κ3) is 5.34. The van der Waals surface area contributed by atoms with Gasteiger partial charge < -0.3 is 4.90 Å². The van der Waals surface area contributed by atoms with E-state index in [1.807, 2.05) is 18.7 Å². The number of amides is 2. The minimum atomic E-state index is -3.88. The Morgan fingerprint density at radius 1 is 0.939 bits per heavy atom. The summed E-state index contributed by atoms with van der Waals surface area (Å²) < 4.78 is 41.0. The zero-order valence-corrected chi connectivity index (χ0v) is 19.4. The van der Waals surface area contributed by atoms with Gasteiger partial charge in [-0.2, -0.15) is 0 Å². The molecule has 33 heavy (non-hydrogen) atoms. The van der Waals surface area contributed by atoms with Gasteiger partial charge in [-0.25, -0.2) is 17.6 Å². The standard InChI is InChI=1S/C25H26FN3O3S/c1-18-13-19(2)15-20(14-18)17-28-11-4-12-29(25(28)30)23-6-3-5-22(16-23)27-33(31,32)24-9-7-21(26)8-10-24/h3,5-10,13-16,27H,4,11-12,17H2,1-2H3. The first kappa shape index (κ1) is 22.8. The van der Waals surface area contributed by atoms with Gasteiger partial charge in [0.25, 0.3) is 10.0 Å². The highest BCUT2D eigenvalue weighted by Crippen LogP contribution is 2.26. The van der Waals surface area contributed by atoms with Crippen LogP contribution >= 0.6 is 0 Å². The van der Waals surface area contributed by atoms with Crippen molar-refractivity contribution in [3.63, 3.8) is 0 Å². The molecule has 1 heterocycles. The number of carbonyl (C=O) groups excluding carboxylic acids is 1. The molecule has 172 valence electrons. The van der Waals surface area contributed by atoms with Crippen molar-refractivity contribution >= 4 is 27.4 Å². The van der Waals surface area contributed by atoms with Crippen molar-refractivity contribution in [3.05, 3.63) is 89.2 Å². The molecule has 0 atom stereocenters. The molecule has 0 aliphatic carbocycles. The molecule has 0 saturated carbocycles. The summed E-state index contributed by atoms with van der Waals surface area (Å²) in [6, 6.07) is 17.5. The molecule has 1 aliphatic heterocycles. The summed E-state index contributed by atoms with van der Waals surface area (Å²) in [4.78, 5) is 16.7. The number of rotatable bonds is 6. The highest BCUT2D eigenvalue weighted by molar-refractivity contribution is 7.92. The lowest BCUT2D eigenvalue weighted by molar-refractivity contribution is 0.192. The van der Waals surface area contributed by atoms with Crippen LogP contribution in [0.2, 0.25) is 0 Å². The maximum Gasteiger partial charge on any atom is 0.324 e. The van der Waals surface area contributed by atoms with E-state index in [9.17, 15) is 17.6 Å². The summed E-state index contributed by atoms with van der Waals surface area (Å²) in [7, 11) is -3.88. The number of halogens is 1. The van der Waals surface area contributed by atoms with Crippen LogP contribution in [0.3, 0.4) is 0 Å². The van der Waals surface area contributed by atoms with E-state index in [0.717, 1.165) is 35.2 Å². The van der Waals surface area contributed by atoms with Crippen LogP contribution in [-0.4, -0.2) is 32.4 Å². The van der Waals surface area contributed by atoms with E-state index < -0.39 is 15.8 Å². The molecule has 3 aromatic carbocycles. The van der Waals surface area contributed by atoms with Crippen molar-refractivity contribution in [3.8, 4) is 0 Å². The van der Waals surface area contributed by atoms with E-state index in [-0.39, 0.29) is 10.9 Å². The number of carbonyl (C=O) groups is 1. The molecule has 0 spiro atoms. The number of anilines is 2. The Kier molecular flexibility index (Phi) is 6.37. The van der Waals surface area contributed by atoms with Gasteiger partial charge in [0.2, 0.25) is 0 Å². The van der Waals surface area contributed by atoms with Gasteiger partial charge in [0.1, 0.15) is 5.82 Å². The predicted octanol–water partition coefficient (Wildman–Crippen LogP) is 5.08. The summed E-state index contributed by atoms with van der Waals surface area (Å²) in [5.41, 5.74) is 4.35. The Labute approximate surface area is 193 Å². The van der Waals surface area contributed by atoms with Gasteiger partial charge in [-0.15, -0.1) is 0 Å². The van der Waals surface area contributed by atoms with E-state index in [1.165, 1.54) is 12.1 Å². The number of hydrogen-bond acceptors (Lipinski definition) is 3. The first-order valence-corrected chi connectivity index (χ1v) is 12.2. The van der Waals surface area contributed by atoms with Crippen molar-refractivity contribution in [1.29, 1.82) is 0 Å². The molecule has 1 N–H and O–H groups in total. The lowest BCUT2D eigenvalue weighted by Gasteiger charge is -2.36. The van der Waals surface area contributed by atoms with E-state index in [1.54, 1.807) is 29.2 Å². The van der Waals surface area contributed by atoms with Crippen LogP contribution in [-0.2, 0) is 16.6 Å². The fourth-order valence-electron chi connectivity index (χ4n) is 4.11. The minimum Gasteiger partial charge on any atom is -0.320 e. The van der Waals surface area contributed by atoms with Gasteiger partial charge in [-0.1, -0.05) is 35.4 Å². The second-order valence-electron chi connectivity index (χ2n) is 8.32. The Bertz CT molecular complexity index is 1260. The maximum atomic E-state index is 13.2. The van der Waals surface area contributed by atoms with Gasteiger partial charge in [0, 0.05) is 25.3 Å². The summed E-state index contributed by atoms with van der Waals surface area (Å²) in [6.07, 6.45) is 0.808. The second-order valence-corrected chi connectivity index (χ2v) is 10.00. The average molecular weight is 468 g/mol. The Morgan fingerprint density at radius 3 is 2.33 bits per heavy atom. The maximum absolute atomic E-state index is 13.2. The quantitative estimate of drug-likeness (QED) is 0.550. The summed E-state index contributed by atoms with van der Waals surface area (Å²) in [6.45, 7) is 5.82. The van der Waals surface area contributed by atoms with E-state index >= 15 is 0 Å². The highest BCUT2D eigenvalue weighted by Gasteiger charge is 2.27. The lowest BCUT2D eigenvalue weighted by Crippen LogP contribution is -2.49. The number of nitrogens with one attached hydrogen (secondary N) is 1. The molecule has 0 unspecified atom stereocenters. The molecule has 6 nitrogen and oxygen atoms in total. The Balaban J connectivity index is 1.52. The predicted molar refractivity (Wildman–Crippen MR) is 127 cm³/mol. The first-order valence-electron chi connectivity index (χ1n) is 10.7. The van der Waals surface area contributed by atoms with Crippen LogP contribution in [0.15, 0.2) is 71.6 Å². The Hall–Kier alpha value is -3.39. The van der Waals surface area contributed by atoms with Gasteiger partial charge in [0.05, 0.1) is 10.6 Å². The van der Waals surface area contributed by atoms with Crippen molar-refractivity contribution < 1.29 is 17.6 Å². The van der Waals surface area contributed by atoms with E-state index in [4.69, 9.17) is 0 Å². The Morgan fingerprint density at radius 2 is 1.64 bits per heavy atom. The number of benzene rings is 3. The molecule has 8 heteroatoms. The van der Waals surface area contributed by atoms with Gasteiger partial charge >= 0.3 is 6.03 Å². The van der Waals surface area contributed by atoms with Gasteiger partial charge in [-0.3, -0.25) is 9.62 Å². The van der Waals surface area contributed by atoms with Gasteiger partial charge in [0.15, 0.2) is 0 Å². The summed E-state index contributed by atoms with van der Waals surface area (Å²) in [5, 5.41) is 0. The van der Waals surface area contributed by atoms with Crippen molar-refractivity contribution in [2.24, 2.45) is 0 Å². The minimum absolute atomic E-state index is 0.0389. The molecule has 1 fully saturated rings. The molecule has 1 saturated heterocycles.